The van der Waals surface area contributed by atoms with E-state index in [0.29, 0.717) is 24.2 Å². The number of non-ortho nitro benzene ring substituents is 1. The van der Waals surface area contributed by atoms with Crippen molar-refractivity contribution in [2.45, 2.75) is 25.3 Å². The molecule has 2 heterocycles. The van der Waals surface area contributed by atoms with Crippen molar-refractivity contribution in [3.63, 3.8) is 0 Å². The highest BCUT2D eigenvalue weighted by Crippen LogP contribution is 2.28. The summed E-state index contributed by atoms with van der Waals surface area (Å²) >= 11 is 0. The molecule has 4 aromatic rings. The van der Waals surface area contributed by atoms with Gasteiger partial charge in [-0.2, -0.15) is 0 Å². The minimum absolute atomic E-state index is 0.0344. The number of likely N-dealkylation sites (tertiary alicyclic amines) is 1. The number of rotatable bonds is 6. The predicted octanol–water partition coefficient (Wildman–Crippen LogP) is 4.92. The standard InChI is InChI=1S/C27H24N4O4/c32-26(15-18-5-2-1-3-6-18)30-14-4-7-25(30)27(33)28-21-11-8-19(9-12-21)23-16-20-10-13-22(31(34)35)17-24(20)29-23/h1-3,5-6,8-13,16-17,25,29H,4,7,14-15H2,(H,28,33)/t25-/m0/s1. The summed E-state index contributed by atoms with van der Waals surface area (Å²) in [5.41, 5.74) is 4.02. The lowest BCUT2D eigenvalue weighted by Crippen LogP contribution is -2.43. The van der Waals surface area contributed by atoms with Gasteiger partial charge in [0.1, 0.15) is 6.04 Å². The molecule has 8 heteroatoms. The van der Waals surface area contributed by atoms with Crippen LogP contribution in [0, 0.1) is 10.1 Å². The van der Waals surface area contributed by atoms with E-state index in [1.54, 1.807) is 11.0 Å². The largest absolute Gasteiger partial charge is 0.354 e. The second kappa shape index (κ2) is 9.42. The quantitative estimate of drug-likeness (QED) is 0.309. The molecule has 176 valence electrons. The summed E-state index contributed by atoms with van der Waals surface area (Å²) in [4.78, 5) is 41.3. The highest BCUT2D eigenvalue weighted by atomic mass is 16.6. The average molecular weight is 469 g/mol. The molecule has 1 aliphatic rings. The zero-order chi connectivity index (χ0) is 24.4. The second-order valence-electron chi connectivity index (χ2n) is 8.69. The Morgan fingerprint density at radius 2 is 1.80 bits per heavy atom. The third-order valence-corrected chi connectivity index (χ3v) is 6.35. The zero-order valence-corrected chi connectivity index (χ0v) is 18.9. The molecule has 0 aliphatic carbocycles. The van der Waals surface area contributed by atoms with Crippen LogP contribution in [0.4, 0.5) is 11.4 Å². The molecule has 1 fully saturated rings. The zero-order valence-electron chi connectivity index (χ0n) is 18.9. The highest BCUT2D eigenvalue weighted by molar-refractivity contribution is 5.98. The lowest BCUT2D eigenvalue weighted by Gasteiger charge is -2.24. The molecule has 35 heavy (non-hydrogen) atoms. The van der Waals surface area contributed by atoms with Crippen LogP contribution in [-0.2, 0) is 16.0 Å². The Balaban J connectivity index is 1.26. The molecule has 2 N–H and O–H groups in total. The third kappa shape index (κ3) is 4.77. The van der Waals surface area contributed by atoms with E-state index in [1.165, 1.54) is 12.1 Å². The molecule has 1 aromatic heterocycles. The number of benzene rings is 3. The molecule has 8 nitrogen and oxygen atoms in total. The van der Waals surface area contributed by atoms with E-state index in [2.05, 4.69) is 10.3 Å². The molecule has 0 unspecified atom stereocenters. The van der Waals surface area contributed by atoms with E-state index in [9.17, 15) is 19.7 Å². The molecule has 2 amide bonds. The predicted molar refractivity (Wildman–Crippen MR) is 134 cm³/mol. The first-order valence-corrected chi connectivity index (χ1v) is 11.5. The van der Waals surface area contributed by atoms with E-state index < -0.39 is 11.0 Å². The van der Waals surface area contributed by atoms with Gasteiger partial charge in [-0.3, -0.25) is 19.7 Å². The van der Waals surface area contributed by atoms with Crippen molar-refractivity contribution >= 4 is 34.1 Å². The first kappa shape index (κ1) is 22.3. The SMILES string of the molecule is O=C(Nc1ccc(-c2cc3ccc([N+](=O)[O-])cc3[nH]2)cc1)[C@@H]1CCCN1C(=O)Cc1ccccc1. The fourth-order valence-electron chi connectivity index (χ4n) is 4.55. The van der Waals surface area contributed by atoms with Crippen LogP contribution in [0.5, 0.6) is 0 Å². The van der Waals surface area contributed by atoms with Crippen LogP contribution in [0.25, 0.3) is 22.2 Å². The van der Waals surface area contributed by atoms with Crippen LogP contribution in [0.15, 0.2) is 78.9 Å². The molecule has 0 spiro atoms. The minimum Gasteiger partial charge on any atom is -0.354 e. The lowest BCUT2D eigenvalue weighted by molar-refractivity contribution is -0.384. The number of nitro groups is 1. The van der Waals surface area contributed by atoms with Crippen LogP contribution in [-0.4, -0.2) is 39.2 Å². The number of amides is 2. The van der Waals surface area contributed by atoms with Crippen molar-refractivity contribution in [1.29, 1.82) is 0 Å². The van der Waals surface area contributed by atoms with Crippen molar-refractivity contribution < 1.29 is 14.5 Å². The van der Waals surface area contributed by atoms with E-state index in [1.807, 2.05) is 60.7 Å². The van der Waals surface area contributed by atoms with Gasteiger partial charge < -0.3 is 15.2 Å². The maximum Gasteiger partial charge on any atom is 0.271 e. The van der Waals surface area contributed by atoms with Gasteiger partial charge in [-0.25, -0.2) is 0 Å². The molecule has 0 bridgehead atoms. The molecular formula is C27H24N4O4. The van der Waals surface area contributed by atoms with E-state index in [0.717, 1.165) is 28.6 Å². The molecule has 1 aliphatic heterocycles. The highest BCUT2D eigenvalue weighted by Gasteiger charge is 2.33. The number of hydrogen-bond donors (Lipinski definition) is 2. The van der Waals surface area contributed by atoms with E-state index >= 15 is 0 Å². The van der Waals surface area contributed by atoms with E-state index in [-0.39, 0.29) is 23.9 Å². The maximum absolute atomic E-state index is 13.0. The van der Waals surface area contributed by atoms with Gasteiger partial charge in [-0.15, -0.1) is 0 Å². The molecule has 0 radical (unpaired) electrons. The summed E-state index contributed by atoms with van der Waals surface area (Å²) in [6.45, 7) is 0.585. The molecule has 0 saturated carbocycles. The van der Waals surface area contributed by atoms with Gasteiger partial charge in [0, 0.05) is 35.4 Å². The monoisotopic (exact) mass is 468 g/mol. The maximum atomic E-state index is 13.0. The second-order valence-corrected chi connectivity index (χ2v) is 8.69. The Morgan fingerprint density at radius 1 is 1.03 bits per heavy atom. The van der Waals surface area contributed by atoms with Gasteiger partial charge in [-0.1, -0.05) is 42.5 Å². The molecule has 3 aromatic carbocycles. The van der Waals surface area contributed by atoms with Gasteiger partial charge in [-0.05, 0) is 48.2 Å². The number of nitrogens with zero attached hydrogens (tertiary/aromatic N) is 2. The van der Waals surface area contributed by atoms with Crippen molar-refractivity contribution in [3.8, 4) is 11.3 Å². The van der Waals surface area contributed by atoms with Gasteiger partial charge in [0.2, 0.25) is 11.8 Å². The lowest BCUT2D eigenvalue weighted by atomic mass is 10.1. The Hall–Kier alpha value is -4.46. The van der Waals surface area contributed by atoms with Crippen LogP contribution < -0.4 is 5.32 Å². The Morgan fingerprint density at radius 3 is 2.54 bits per heavy atom. The van der Waals surface area contributed by atoms with Crippen LogP contribution in [0.3, 0.4) is 0 Å². The fourth-order valence-corrected chi connectivity index (χ4v) is 4.55. The Kier molecular flexibility index (Phi) is 6.01. The fraction of sp³-hybridized carbons (Fsp3) is 0.185. The van der Waals surface area contributed by atoms with Gasteiger partial charge in [0.05, 0.1) is 16.9 Å². The number of carbonyl (C=O) groups excluding carboxylic acids is 2. The summed E-state index contributed by atoms with van der Waals surface area (Å²) in [7, 11) is 0. The number of hydrogen-bond acceptors (Lipinski definition) is 4. The number of nitrogens with one attached hydrogen (secondary N) is 2. The average Bonchev–Trinajstić information content (AvgIpc) is 3.52. The molecule has 5 rings (SSSR count). The van der Waals surface area contributed by atoms with Crippen molar-refractivity contribution in [2.24, 2.45) is 0 Å². The molecule has 1 saturated heterocycles. The van der Waals surface area contributed by atoms with E-state index in [4.69, 9.17) is 0 Å². The Labute approximate surface area is 201 Å². The molecular weight excluding hydrogens is 444 g/mol. The minimum atomic E-state index is -0.476. The Bertz CT molecular complexity index is 1400. The summed E-state index contributed by atoms with van der Waals surface area (Å²) in [5, 5.41) is 14.8. The van der Waals surface area contributed by atoms with Gasteiger partial charge in [0.15, 0.2) is 0 Å². The van der Waals surface area contributed by atoms with Crippen molar-refractivity contribution in [2.75, 3.05) is 11.9 Å². The first-order chi connectivity index (χ1) is 17.0. The summed E-state index contributed by atoms with van der Waals surface area (Å²) < 4.78 is 0. The molecule has 1 atom stereocenters. The number of aromatic nitrogens is 1. The number of H-pyrrole nitrogens is 1. The third-order valence-electron chi connectivity index (χ3n) is 6.35. The number of fused-ring (bicyclic) bond motifs is 1. The van der Waals surface area contributed by atoms with Gasteiger partial charge in [0.25, 0.3) is 5.69 Å². The summed E-state index contributed by atoms with van der Waals surface area (Å²) in [5.74, 6) is -0.224. The summed E-state index contributed by atoms with van der Waals surface area (Å²) in [6, 6.07) is 23.1. The van der Waals surface area contributed by atoms with Crippen LogP contribution in [0.2, 0.25) is 0 Å². The smallest absolute Gasteiger partial charge is 0.271 e. The van der Waals surface area contributed by atoms with Crippen LogP contribution in [0.1, 0.15) is 18.4 Å². The first-order valence-electron chi connectivity index (χ1n) is 11.5. The topological polar surface area (TPSA) is 108 Å². The number of carbonyl (C=O) groups is 2. The van der Waals surface area contributed by atoms with Crippen LogP contribution >= 0.6 is 0 Å². The number of anilines is 1. The summed E-state index contributed by atoms with van der Waals surface area (Å²) in [6.07, 6.45) is 1.73. The number of nitro benzene ring substituents is 1. The normalized spacial score (nSPS) is 15.3. The van der Waals surface area contributed by atoms with Crippen molar-refractivity contribution in [1.82, 2.24) is 9.88 Å². The van der Waals surface area contributed by atoms with Crippen molar-refractivity contribution in [3.05, 3.63) is 94.5 Å². The number of aromatic amines is 1. The van der Waals surface area contributed by atoms with Gasteiger partial charge >= 0.3 is 0 Å².